The van der Waals surface area contributed by atoms with E-state index in [1.165, 1.54) is 12.0 Å². The first kappa shape index (κ1) is 5.21. The van der Waals surface area contributed by atoms with Crippen LogP contribution in [0, 0.1) is 11.8 Å². The molecule has 0 aromatic heterocycles. The first-order valence-corrected chi connectivity index (χ1v) is 3.47. The molecule has 2 aliphatic carbocycles. The topological polar surface area (TPSA) is 17.1 Å². The molecule has 0 saturated heterocycles. The van der Waals surface area contributed by atoms with Gasteiger partial charge in [-0.1, -0.05) is 11.6 Å². The standard InChI is InChI=1S/C8H10O/c1-5-2-6-4-8(9)7(6)3-5/h3,6-7H,2,4H2,1H3/t6-,7-/m0/s1. The second kappa shape index (κ2) is 1.47. The van der Waals surface area contributed by atoms with Crippen LogP contribution in [0.1, 0.15) is 19.8 Å². The van der Waals surface area contributed by atoms with Crippen molar-refractivity contribution in [3.63, 3.8) is 0 Å². The number of allylic oxidation sites excluding steroid dienone is 2. The lowest BCUT2D eigenvalue weighted by Crippen LogP contribution is -2.32. The van der Waals surface area contributed by atoms with E-state index in [-0.39, 0.29) is 0 Å². The Labute approximate surface area is 54.8 Å². The Morgan fingerprint density at radius 2 is 2.33 bits per heavy atom. The Morgan fingerprint density at radius 1 is 1.56 bits per heavy atom. The van der Waals surface area contributed by atoms with Gasteiger partial charge in [0.1, 0.15) is 5.78 Å². The molecule has 2 atom stereocenters. The predicted molar refractivity (Wildman–Crippen MR) is 35.0 cm³/mol. The molecule has 1 heteroatoms. The molecule has 0 spiro atoms. The van der Waals surface area contributed by atoms with Crippen molar-refractivity contribution < 1.29 is 4.79 Å². The zero-order chi connectivity index (χ0) is 6.43. The molecule has 0 aromatic carbocycles. The highest BCUT2D eigenvalue weighted by molar-refractivity contribution is 5.90. The van der Waals surface area contributed by atoms with Crippen LogP contribution in [0.2, 0.25) is 0 Å². The maximum Gasteiger partial charge on any atom is 0.140 e. The van der Waals surface area contributed by atoms with E-state index in [1.807, 2.05) is 0 Å². The number of fused-ring (bicyclic) bond motifs is 1. The van der Waals surface area contributed by atoms with Crippen LogP contribution in [0.5, 0.6) is 0 Å². The van der Waals surface area contributed by atoms with Crippen LogP contribution in [0.4, 0.5) is 0 Å². The first-order chi connectivity index (χ1) is 4.27. The highest BCUT2D eigenvalue weighted by atomic mass is 16.1. The predicted octanol–water partition coefficient (Wildman–Crippen LogP) is 1.54. The normalized spacial score (nSPS) is 39.7. The SMILES string of the molecule is CC1=C[C@@H]2C(=O)C[C@@H]2C1. The maximum atomic E-state index is 10.8. The van der Waals surface area contributed by atoms with Crippen LogP contribution >= 0.6 is 0 Å². The van der Waals surface area contributed by atoms with Gasteiger partial charge < -0.3 is 0 Å². The van der Waals surface area contributed by atoms with E-state index in [2.05, 4.69) is 13.0 Å². The van der Waals surface area contributed by atoms with E-state index in [4.69, 9.17) is 0 Å². The highest BCUT2D eigenvalue weighted by Gasteiger charge is 2.41. The fourth-order valence-corrected chi connectivity index (χ4v) is 1.84. The molecule has 2 rings (SSSR count). The van der Waals surface area contributed by atoms with Gasteiger partial charge in [0.2, 0.25) is 0 Å². The molecule has 0 N–H and O–H groups in total. The molecule has 1 nitrogen and oxygen atoms in total. The fourth-order valence-electron chi connectivity index (χ4n) is 1.84. The Hall–Kier alpha value is -0.590. The summed E-state index contributed by atoms with van der Waals surface area (Å²) in [7, 11) is 0. The average Bonchev–Trinajstić information content (AvgIpc) is 2.08. The highest BCUT2D eigenvalue weighted by Crippen LogP contribution is 2.42. The molecular weight excluding hydrogens is 112 g/mol. The fraction of sp³-hybridized carbons (Fsp3) is 0.625. The number of carbonyl (C=O) groups is 1. The van der Waals surface area contributed by atoms with Crippen molar-refractivity contribution in [1.29, 1.82) is 0 Å². The van der Waals surface area contributed by atoms with Gasteiger partial charge in [-0.25, -0.2) is 0 Å². The van der Waals surface area contributed by atoms with Gasteiger partial charge in [0, 0.05) is 12.3 Å². The van der Waals surface area contributed by atoms with E-state index in [1.54, 1.807) is 0 Å². The van der Waals surface area contributed by atoms with Crippen molar-refractivity contribution in [2.45, 2.75) is 19.8 Å². The zero-order valence-electron chi connectivity index (χ0n) is 5.55. The van der Waals surface area contributed by atoms with Crippen molar-refractivity contribution in [2.24, 2.45) is 11.8 Å². The Morgan fingerprint density at radius 3 is 2.78 bits per heavy atom. The third-order valence-electron chi connectivity index (χ3n) is 2.39. The van der Waals surface area contributed by atoms with Crippen molar-refractivity contribution in [3.8, 4) is 0 Å². The van der Waals surface area contributed by atoms with Crippen molar-refractivity contribution in [3.05, 3.63) is 11.6 Å². The van der Waals surface area contributed by atoms with Crippen LogP contribution in [0.25, 0.3) is 0 Å². The lowest BCUT2D eigenvalue weighted by atomic mass is 9.75. The van der Waals surface area contributed by atoms with Crippen LogP contribution in [-0.4, -0.2) is 5.78 Å². The summed E-state index contributed by atoms with van der Waals surface area (Å²) < 4.78 is 0. The summed E-state index contributed by atoms with van der Waals surface area (Å²) in [5.74, 6) is 1.50. The lowest BCUT2D eigenvalue weighted by molar-refractivity contribution is -0.130. The molecule has 0 unspecified atom stereocenters. The van der Waals surface area contributed by atoms with E-state index in [0.717, 1.165) is 6.42 Å². The number of Topliss-reactive ketones (excluding diaryl/α,β-unsaturated/α-hetero) is 1. The lowest BCUT2D eigenvalue weighted by Gasteiger charge is -2.27. The van der Waals surface area contributed by atoms with E-state index in [0.29, 0.717) is 17.6 Å². The molecule has 0 aromatic rings. The summed E-state index contributed by atoms with van der Waals surface area (Å²) in [6, 6.07) is 0. The molecule has 0 radical (unpaired) electrons. The van der Waals surface area contributed by atoms with Gasteiger partial charge in [0.25, 0.3) is 0 Å². The van der Waals surface area contributed by atoms with Crippen LogP contribution in [0.3, 0.4) is 0 Å². The third-order valence-corrected chi connectivity index (χ3v) is 2.39. The molecule has 0 aliphatic heterocycles. The second-order valence-corrected chi connectivity index (χ2v) is 3.17. The van der Waals surface area contributed by atoms with E-state index >= 15 is 0 Å². The van der Waals surface area contributed by atoms with Gasteiger partial charge in [-0.15, -0.1) is 0 Å². The number of hydrogen-bond donors (Lipinski definition) is 0. The molecule has 0 heterocycles. The molecule has 1 fully saturated rings. The molecule has 2 aliphatic rings. The summed E-state index contributed by atoms with van der Waals surface area (Å²) in [6.07, 6.45) is 4.16. The van der Waals surface area contributed by atoms with Gasteiger partial charge in [0.05, 0.1) is 0 Å². The van der Waals surface area contributed by atoms with Crippen LogP contribution < -0.4 is 0 Å². The summed E-state index contributed by atoms with van der Waals surface area (Å²) in [4.78, 5) is 10.8. The minimum absolute atomic E-state index is 0.338. The van der Waals surface area contributed by atoms with Crippen LogP contribution in [0.15, 0.2) is 11.6 Å². The molecule has 1 saturated carbocycles. The van der Waals surface area contributed by atoms with Crippen LogP contribution in [-0.2, 0) is 4.79 Å². The third kappa shape index (κ3) is 0.576. The number of hydrogen-bond acceptors (Lipinski definition) is 1. The zero-order valence-corrected chi connectivity index (χ0v) is 5.55. The van der Waals surface area contributed by atoms with E-state index < -0.39 is 0 Å². The number of ketones is 1. The Kier molecular flexibility index (Phi) is 0.850. The minimum Gasteiger partial charge on any atom is -0.299 e. The molecule has 9 heavy (non-hydrogen) atoms. The van der Waals surface area contributed by atoms with Crippen molar-refractivity contribution in [1.82, 2.24) is 0 Å². The minimum atomic E-state index is 0.338. The summed E-state index contributed by atoms with van der Waals surface area (Å²) in [5, 5.41) is 0. The number of rotatable bonds is 0. The quantitative estimate of drug-likeness (QED) is 0.445. The maximum absolute atomic E-state index is 10.8. The van der Waals surface area contributed by atoms with Gasteiger partial charge in [-0.3, -0.25) is 4.79 Å². The van der Waals surface area contributed by atoms with Crippen molar-refractivity contribution in [2.75, 3.05) is 0 Å². The Balaban J connectivity index is 2.21. The van der Waals surface area contributed by atoms with Gasteiger partial charge in [-0.05, 0) is 19.3 Å². The second-order valence-electron chi connectivity index (χ2n) is 3.17. The molecule has 0 amide bonds. The largest absolute Gasteiger partial charge is 0.299 e. The van der Waals surface area contributed by atoms with Crippen molar-refractivity contribution >= 4 is 5.78 Å². The molecule has 48 valence electrons. The van der Waals surface area contributed by atoms with Gasteiger partial charge in [0.15, 0.2) is 0 Å². The average molecular weight is 122 g/mol. The summed E-state index contributed by atoms with van der Waals surface area (Å²) >= 11 is 0. The molecule has 0 bridgehead atoms. The smallest absolute Gasteiger partial charge is 0.140 e. The van der Waals surface area contributed by atoms with E-state index in [9.17, 15) is 4.79 Å². The van der Waals surface area contributed by atoms with Gasteiger partial charge in [-0.2, -0.15) is 0 Å². The summed E-state index contributed by atoms with van der Waals surface area (Å²) in [5.41, 5.74) is 1.41. The monoisotopic (exact) mass is 122 g/mol. The number of carbonyl (C=O) groups excluding carboxylic acids is 1. The Bertz CT molecular complexity index is 191. The molecular formula is C8H10O. The first-order valence-electron chi connectivity index (χ1n) is 3.47. The summed E-state index contributed by atoms with van der Waals surface area (Å²) in [6.45, 7) is 2.12. The van der Waals surface area contributed by atoms with Gasteiger partial charge >= 0.3 is 0 Å².